The van der Waals surface area contributed by atoms with Gasteiger partial charge in [0.2, 0.25) is 0 Å². The Bertz CT molecular complexity index is 893. The van der Waals surface area contributed by atoms with Gasteiger partial charge >= 0.3 is 0 Å². The number of ether oxygens (including phenoxy) is 3. The van der Waals surface area contributed by atoms with Crippen LogP contribution in [0.15, 0.2) is 42.5 Å². The van der Waals surface area contributed by atoms with Crippen molar-refractivity contribution in [1.29, 1.82) is 0 Å². The molecule has 3 rings (SSSR count). The predicted molar refractivity (Wildman–Crippen MR) is 118 cm³/mol. The summed E-state index contributed by atoms with van der Waals surface area (Å²) >= 11 is 0. The van der Waals surface area contributed by atoms with Gasteiger partial charge in [-0.25, -0.2) is 0 Å². The Labute approximate surface area is 183 Å². The summed E-state index contributed by atoms with van der Waals surface area (Å²) in [5.74, 6) is 1.40. The van der Waals surface area contributed by atoms with Gasteiger partial charge in [-0.2, -0.15) is 0 Å². The minimum absolute atomic E-state index is 0.0257. The molecule has 7 heteroatoms. The van der Waals surface area contributed by atoms with Crippen LogP contribution in [0.5, 0.6) is 17.2 Å². The van der Waals surface area contributed by atoms with Crippen LogP contribution in [0.4, 0.5) is 0 Å². The van der Waals surface area contributed by atoms with Crippen LogP contribution >= 0.6 is 0 Å². The number of likely N-dealkylation sites (tertiary alicyclic amines) is 1. The molecule has 1 aliphatic heterocycles. The number of benzene rings is 2. The first-order valence-electron chi connectivity index (χ1n) is 10.7. The maximum atomic E-state index is 12.6. The molecule has 1 aliphatic rings. The topological polar surface area (TPSA) is 77.1 Å². The molecule has 1 N–H and O–H groups in total. The van der Waals surface area contributed by atoms with E-state index >= 15 is 0 Å². The van der Waals surface area contributed by atoms with E-state index in [9.17, 15) is 9.59 Å². The van der Waals surface area contributed by atoms with Crippen molar-refractivity contribution in [3.05, 3.63) is 53.6 Å². The molecule has 1 fully saturated rings. The lowest BCUT2D eigenvalue weighted by Crippen LogP contribution is -2.38. The first kappa shape index (κ1) is 22.5. The highest BCUT2D eigenvalue weighted by Crippen LogP contribution is 2.29. The van der Waals surface area contributed by atoms with Crippen molar-refractivity contribution in [3.63, 3.8) is 0 Å². The molecule has 0 aromatic heterocycles. The van der Waals surface area contributed by atoms with Gasteiger partial charge in [-0.05, 0) is 62.1 Å². The van der Waals surface area contributed by atoms with Crippen molar-refractivity contribution < 1.29 is 23.8 Å². The zero-order valence-corrected chi connectivity index (χ0v) is 18.2. The van der Waals surface area contributed by atoms with Crippen LogP contribution in [0, 0.1) is 0 Å². The summed E-state index contributed by atoms with van der Waals surface area (Å²) in [6.07, 6.45) is 3.24. The van der Waals surface area contributed by atoms with Gasteiger partial charge in [0, 0.05) is 25.2 Å². The van der Waals surface area contributed by atoms with E-state index in [1.165, 1.54) is 6.42 Å². The molecule has 2 aromatic rings. The molecule has 0 saturated carbocycles. The van der Waals surface area contributed by atoms with Gasteiger partial charge in [0.25, 0.3) is 11.8 Å². The number of rotatable bonds is 9. The Kier molecular flexibility index (Phi) is 8.15. The van der Waals surface area contributed by atoms with E-state index in [0.717, 1.165) is 37.2 Å². The highest BCUT2D eigenvalue weighted by Gasteiger charge is 2.18. The van der Waals surface area contributed by atoms with Gasteiger partial charge in [0.15, 0.2) is 18.1 Å². The molecule has 0 radical (unpaired) electrons. The SMILES string of the molecule is CCOc1cc(C(=O)NCc2cccc(OC)c2)ccc1OCC(=O)N1CCCCC1. The third-order valence-corrected chi connectivity index (χ3v) is 5.15. The zero-order valence-electron chi connectivity index (χ0n) is 18.2. The van der Waals surface area contributed by atoms with Gasteiger partial charge in [-0.1, -0.05) is 12.1 Å². The fourth-order valence-electron chi connectivity index (χ4n) is 3.48. The number of carbonyl (C=O) groups is 2. The second kappa shape index (κ2) is 11.2. The Morgan fingerprint density at radius 2 is 1.81 bits per heavy atom. The fourth-order valence-corrected chi connectivity index (χ4v) is 3.48. The van der Waals surface area contributed by atoms with Crippen molar-refractivity contribution in [3.8, 4) is 17.2 Å². The van der Waals surface area contributed by atoms with Crippen LogP contribution in [0.25, 0.3) is 0 Å². The number of nitrogens with zero attached hydrogens (tertiary/aromatic N) is 1. The Morgan fingerprint density at radius 1 is 1.00 bits per heavy atom. The van der Waals surface area contributed by atoms with E-state index in [0.29, 0.717) is 30.2 Å². The number of hydrogen-bond acceptors (Lipinski definition) is 5. The number of carbonyl (C=O) groups excluding carboxylic acids is 2. The minimum atomic E-state index is -0.222. The monoisotopic (exact) mass is 426 g/mol. The quantitative estimate of drug-likeness (QED) is 0.665. The molecule has 0 unspecified atom stereocenters. The van der Waals surface area contributed by atoms with Crippen molar-refractivity contribution >= 4 is 11.8 Å². The number of amides is 2. The molecule has 0 aliphatic carbocycles. The molecule has 166 valence electrons. The maximum Gasteiger partial charge on any atom is 0.260 e. The lowest BCUT2D eigenvalue weighted by molar-refractivity contribution is -0.134. The first-order chi connectivity index (χ1) is 15.1. The standard InChI is InChI=1S/C24H30N2O5/c1-3-30-22-15-19(24(28)25-16-18-8-7-9-20(14-18)29-2)10-11-21(22)31-17-23(27)26-12-5-4-6-13-26/h7-11,14-15H,3-6,12-13,16-17H2,1-2H3,(H,25,28). The lowest BCUT2D eigenvalue weighted by Gasteiger charge is -2.26. The molecule has 7 nitrogen and oxygen atoms in total. The maximum absolute atomic E-state index is 12.6. The second-order valence-corrected chi connectivity index (χ2v) is 7.36. The average molecular weight is 427 g/mol. The summed E-state index contributed by atoms with van der Waals surface area (Å²) in [6.45, 7) is 4.19. The van der Waals surface area contributed by atoms with E-state index in [1.54, 1.807) is 25.3 Å². The zero-order chi connectivity index (χ0) is 22.1. The Hall–Kier alpha value is -3.22. The van der Waals surface area contributed by atoms with Crippen LogP contribution in [0.2, 0.25) is 0 Å². The summed E-state index contributed by atoms with van der Waals surface area (Å²) in [4.78, 5) is 26.8. The highest BCUT2D eigenvalue weighted by molar-refractivity contribution is 5.94. The van der Waals surface area contributed by atoms with Gasteiger partial charge in [-0.15, -0.1) is 0 Å². The third-order valence-electron chi connectivity index (χ3n) is 5.15. The van der Waals surface area contributed by atoms with Crippen molar-refractivity contribution in [2.24, 2.45) is 0 Å². The molecule has 1 heterocycles. The number of piperidine rings is 1. The average Bonchev–Trinajstić information content (AvgIpc) is 2.82. The smallest absolute Gasteiger partial charge is 0.260 e. The molecular weight excluding hydrogens is 396 g/mol. The van der Waals surface area contributed by atoms with Crippen LogP contribution in [-0.4, -0.2) is 50.1 Å². The van der Waals surface area contributed by atoms with Crippen molar-refractivity contribution in [2.75, 3.05) is 33.4 Å². The van der Waals surface area contributed by atoms with Crippen molar-refractivity contribution in [2.45, 2.75) is 32.7 Å². The van der Waals surface area contributed by atoms with Gasteiger partial charge in [0.05, 0.1) is 13.7 Å². The number of methoxy groups -OCH3 is 1. The Morgan fingerprint density at radius 3 is 2.55 bits per heavy atom. The summed E-state index contributed by atoms with van der Waals surface area (Å²) in [5.41, 5.74) is 1.40. The predicted octanol–water partition coefficient (Wildman–Crippen LogP) is 3.42. The number of nitrogens with one attached hydrogen (secondary N) is 1. The largest absolute Gasteiger partial charge is 0.497 e. The molecule has 2 amide bonds. The van der Waals surface area contributed by atoms with Crippen LogP contribution in [-0.2, 0) is 11.3 Å². The van der Waals surface area contributed by atoms with E-state index in [-0.39, 0.29) is 18.4 Å². The van der Waals surface area contributed by atoms with Gasteiger partial charge < -0.3 is 24.4 Å². The molecule has 1 saturated heterocycles. The van der Waals surface area contributed by atoms with E-state index < -0.39 is 0 Å². The summed E-state index contributed by atoms with van der Waals surface area (Å²) in [5, 5.41) is 2.90. The normalized spacial score (nSPS) is 13.4. The lowest BCUT2D eigenvalue weighted by atomic mass is 10.1. The molecule has 0 bridgehead atoms. The van der Waals surface area contributed by atoms with Crippen LogP contribution in [0.3, 0.4) is 0 Å². The summed E-state index contributed by atoms with van der Waals surface area (Å²) in [6, 6.07) is 12.5. The minimum Gasteiger partial charge on any atom is -0.497 e. The third kappa shape index (κ3) is 6.38. The van der Waals surface area contributed by atoms with Crippen molar-refractivity contribution in [1.82, 2.24) is 10.2 Å². The fraction of sp³-hybridized carbons (Fsp3) is 0.417. The summed E-state index contributed by atoms with van der Waals surface area (Å²) in [7, 11) is 1.61. The molecule has 2 aromatic carbocycles. The van der Waals surface area contributed by atoms with Gasteiger partial charge in [-0.3, -0.25) is 9.59 Å². The molecule has 31 heavy (non-hydrogen) atoms. The molecule has 0 spiro atoms. The van der Waals surface area contributed by atoms with E-state index in [1.807, 2.05) is 36.1 Å². The summed E-state index contributed by atoms with van der Waals surface area (Å²) < 4.78 is 16.6. The molecular formula is C24H30N2O5. The number of hydrogen-bond donors (Lipinski definition) is 1. The van der Waals surface area contributed by atoms with E-state index in [2.05, 4.69) is 5.32 Å². The second-order valence-electron chi connectivity index (χ2n) is 7.36. The van der Waals surface area contributed by atoms with Crippen LogP contribution in [0.1, 0.15) is 42.1 Å². The van der Waals surface area contributed by atoms with Crippen LogP contribution < -0.4 is 19.5 Å². The molecule has 0 atom stereocenters. The van der Waals surface area contributed by atoms with Gasteiger partial charge in [0.1, 0.15) is 5.75 Å². The Balaban J connectivity index is 1.61. The first-order valence-corrected chi connectivity index (χ1v) is 10.7. The highest BCUT2D eigenvalue weighted by atomic mass is 16.5. The van der Waals surface area contributed by atoms with E-state index in [4.69, 9.17) is 14.2 Å².